The third kappa shape index (κ3) is 50.1. The molecular formula is C12H31Na2O5P. The van der Waals surface area contributed by atoms with E-state index in [1.54, 1.807) is 0 Å². The van der Waals surface area contributed by atoms with E-state index in [1.807, 2.05) is 0 Å². The van der Waals surface area contributed by atoms with Crippen molar-refractivity contribution < 1.29 is 86.3 Å². The molecular weight excluding hydrogens is 301 g/mol. The summed E-state index contributed by atoms with van der Waals surface area (Å²) in [5, 5.41) is 8.57. The fourth-order valence-electron chi connectivity index (χ4n) is 1.60. The van der Waals surface area contributed by atoms with Crippen LogP contribution in [0.1, 0.15) is 74.0 Å². The molecule has 0 heterocycles. The Bertz CT molecular complexity index is 194. The molecule has 0 aromatic rings. The third-order valence-electron chi connectivity index (χ3n) is 2.51. The fraction of sp³-hybridized carbons (Fsp3) is 1.00. The molecule has 0 saturated carbocycles. The maximum Gasteiger partial charge on any atom is 1.00 e. The molecule has 0 aromatic heterocycles. The molecule has 0 aliphatic heterocycles. The Morgan fingerprint density at radius 1 is 0.750 bits per heavy atom. The number of unbranched alkanes of at least 4 members (excludes halogenated alkanes) is 9. The molecule has 20 heavy (non-hydrogen) atoms. The number of hydrogen-bond donors (Lipinski definition) is 4. The molecule has 0 atom stereocenters. The molecule has 4 N–H and O–H groups in total. The van der Waals surface area contributed by atoms with Crippen LogP contribution in [0.25, 0.3) is 0 Å². The van der Waals surface area contributed by atoms with Gasteiger partial charge in [-0.2, -0.15) is 0 Å². The maximum atomic E-state index is 8.88. The van der Waals surface area contributed by atoms with Gasteiger partial charge in [0.15, 0.2) is 0 Å². The van der Waals surface area contributed by atoms with Crippen LogP contribution in [0.5, 0.6) is 0 Å². The van der Waals surface area contributed by atoms with Crippen LogP contribution < -0.4 is 59.1 Å². The molecule has 8 heteroatoms. The smallest absolute Gasteiger partial charge is 1.00 e. The van der Waals surface area contributed by atoms with Crippen LogP contribution in [0.15, 0.2) is 0 Å². The first kappa shape index (κ1) is 30.0. The number of aliphatic hydroxyl groups is 1. The van der Waals surface area contributed by atoms with E-state index in [4.69, 9.17) is 24.4 Å². The van der Waals surface area contributed by atoms with Crippen LogP contribution in [0, 0.1) is 0 Å². The minimum atomic E-state index is -4.64. The first-order chi connectivity index (χ1) is 8.41. The Hall–Kier alpha value is 2.07. The number of hydrogen-bond acceptors (Lipinski definition) is 2. The first-order valence-electron chi connectivity index (χ1n) is 6.81. The van der Waals surface area contributed by atoms with Gasteiger partial charge in [-0.1, -0.05) is 64.7 Å². The van der Waals surface area contributed by atoms with Crippen molar-refractivity contribution in [1.82, 2.24) is 0 Å². The van der Waals surface area contributed by atoms with E-state index in [2.05, 4.69) is 6.92 Å². The minimum absolute atomic E-state index is 0. The van der Waals surface area contributed by atoms with Crippen molar-refractivity contribution in [2.75, 3.05) is 6.61 Å². The molecule has 0 rings (SSSR count). The summed E-state index contributed by atoms with van der Waals surface area (Å²) >= 11 is 0. The average Bonchev–Trinajstić information content (AvgIpc) is 2.25. The maximum absolute atomic E-state index is 8.88. The van der Waals surface area contributed by atoms with Gasteiger partial charge in [0.05, 0.1) is 0 Å². The van der Waals surface area contributed by atoms with E-state index in [-0.39, 0.29) is 62.0 Å². The predicted octanol–water partition coefficient (Wildman–Crippen LogP) is -2.80. The minimum Gasteiger partial charge on any atom is -1.00 e. The van der Waals surface area contributed by atoms with Crippen molar-refractivity contribution in [2.45, 2.75) is 71.1 Å². The SMILES string of the molecule is CCCCCCCCCCCCO.O=P(O)(O)O.[H-].[H-].[Na+].[Na+]. The summed E-state index contributed by atoms with van der Waals surface area (Å²) < 4.78 is 8.88. The third-order valence-corrected chi connectivity index (χ3v) is 2.51. The van der Waals surface area contributed by atoms with Crippen LogP contribution in [0.3, 0.4) is 0 Å². The van der Waals surface area contributed by atoms with Crippen LogP contribution in [0.4, 0.5) is 0 Å². The molecule has 0 aromatic carbocycles. The van der Waals surface area contributed by atoms with Gasteiger partial charge in [0, 0.05) is 6.61 Å². The zero-order valence-electron chi connectivity index (χ0n) is 15.4. The molecule has 0 amide bonds. The van der Waals surface area contributed by atoms with Gasteiger partial charge in [-0.05, 0) is 6.42 Å². The van der Waals surface area contributed by atoms with Crippen molar-refractivity contribution >= 4 is 7.82 Å². The number of aliphatic hydroxyl groups excluding tert-OH is 1. The Morgan fingerprint density at radius 2 is 1.00 bits per heavy atom. The summed E-state index contributed by atoms with van der Waals surface area (Å²) in [5.41, 5.74) is 0. The summed E-state index contributed by atoms with van der Waals surface area (Å²) in [4.78, 5) is 21.6. The molecule has 0 aliphatic rings. The Morgan fingerprint density at radius 3 is 1.25 bits per heavy atom. The van der Waals surface area contributed by atoms with E-state index in [0.717, 1.165) is 6.42 Å². The molecule has 5 nitrogen and oxygen atoms in total. The van der Waals surface area contributed by atoms with Gasteiger partial charge in [0.25, 0.3) is 0 Å². The summed E-state index contributed by atoms with van der Waals surface area (Å²) in [6.45, 7) is 2.63. The number of phosphoric acid groups is 1. The molecule has 0 unspecified atom stereocenters. The van der Waals surface area contributed by atoms with Crippen molar-refractivity contribution in [2.24, 2.45) is 0 Å². The fourth-order valence-corrected chi connectivity index (χ4v) is 1.60. The van der Waals surface area contributed by atoms with E-state index in [0.29, 0.717) is 6.61 Å². The molecule has 0 spiro atoms. The van der Waals surface area contributed by atoms with Crippen LogP contribution in [-0.2, 0) is 4.57 Å². The topological polar surface area (TPSA) is 98.0 Å². The quantitative estimate of drug-likeness (QED) is 0.197. The molecule has 0 aliphatic carbocycles. The van der Waals surface area contributed by atoms with E-state index < -0.39 is 7.82 Å². The van der Waals surface area contributed by atoms with Gasteiger partial charge in [-0.15, -0.1) is 0 Å². The van der Waals surface area contributed by atoms with Crippen molar-refractivity contribution in [3.8, 4) is 0 Å². The monoisotopic (exact) mass is 332 g/mol. The van der Waals surface area contributed by atoms with Gasteiger partial charge < -0.3 is 22.6 Å². The van der Waals surface area contributed by atoms with Gasteiger partial charge in [0.1, 0.15) is 0 Å². The van der Waals surface area contributed by atoms with E-state index >= 15 is 0 Å². The van der Waals surface area contributed by atoms with Crippen LogP contribution >= 0.6 is 7.82 Å². The second-order valence-corrected chi connectivity index (χ2v) is 5.45. The van der Waals surface area contributed by atoms with Crippen LogP contribution in [-0.4, -0.2) is 26.4 Å². The largest absolute Gasteiger partial charge is 1.00 e. The second-order valence-electron chi connectivity index (χ2n) is 4.42. The predicted molar refractivity (Wildman–Crippen MR) is 75.4 cm³/mol. The van der Waals surface area contributed by atoms with Gasteiger partial charge in [-0.3, -0.25) is 0 Å². The molecule has 116 valence electrons. The average molecular weight is 332 g/mol. The van der Waals surface area contributed by atoms with E-state index in [9.17, 15) is 0 Å². The van der Waals surface area contributed by atoms with E-state index in [1.165, 1.54) is 57.8 Å². The van der Waals surface area contributed by atoms with Gasteiger partial charge in [-0.25, -0.2) is 4.57 Å². The molecule has 0 saturated heterocycles. The molecule has 0 radical (unpaired) electrons. The number of rotatable bonds is 10. The first-order valence-corrected chi connectivity index (χ1v) is 8.37. The van der Waals surface area contributed by atoms with Crippen molar-refractivity contribution in [1.29, 1.82) is 0 Å². The Labute approximate surface area is 170 Å². The summed E-state index contributed by atoms with van der Waals surface area (Å²) in [7, 11) is -4.64. The standard InChI is InChI=1S/C12H26O.2Na.H3O4P.2H/c1-2-3-4-5-6-7-8-9-10-11-12-13;;;1-5(2,3)4;;/h13H,2-12H2,1H3;;;(H3,1,2,3,4);;/q;2*+1;;2*-1. The molecule has 0 bridgehead atoms. The van der Waals surface area contributed by atoms with Gasteiger partial charge >= 0.3 is 66.9 Å². The van der Waals surface area contributed by atoms with Crippen molar-refractivity contribution in [3.05, 3.63) is 0 Å². The van der Waals surface area contributed by atoms with Crippen molar-refractivity contribution in [3.63, 3.8) is 0 Å². The Kier molecular flexibility index (Phi) is 35.0. The van der Waals surface area contributed by atoms with Gasteiger partial charge in [0.2, 0.25) is 0 Å². The second kappa shape index (κ2) is 23.3. The summed E-state index contributed by atoms with van der Waals surface area (Å²) in [5.74, 6) is 0. The normalized spacial score (nSPS) is 9.85. The molecule has 0 fully saturated rings. The van der Waals surface area contributed by atoms with Crippen LogP contribution in [0.2, 0.25) is 0 Å². The summed E-state index contributed by atoms with van der Waals surface area (Å²) in [6.07, 6.45) is 13.3. The zero-order valence-corrected chi connectivity index (χ0v) is 18.3. The Balaban J connectivity index is -0.0000000627. The zero-order chi connectivity index (χ0) is 14.3. The summed E-state index contributed by atoms with van der Waals surface area (Å²) in [6, 6.07) is 0.